The summed E-state index contributed by atoms with van der Waals surface area (Å²) in [7, 11) is 4.59. The molecule has 0 aromatic heterocycles. The molecule has 0 radical (unpaired) electrons. The Labute approximate surface area is 178 Å². The molecule has 0 heterocycles. The van der Waals surface area contributed by atoms with Crippen molar-refractivity contribution >= 4 is 47.1 Å². The summed E-state index contributed by atoms with van der Waals surface area (Å²) in [6, 6.07) is 8.77. The van der Waals surface area contributed by atoms with Crippen LogP contribution in [-0.2, 0) is 10.5 Å². The van der Waals surface area contributed by atoms with Crippen LogP contribution >= 0.6 is 35.0 Å². The highest BCUT2D eigenvalue weighted by Crippen LogP contribution is 2.37. The van der Waals surface area contributed by atoms with Crippen LogP contribution in [0.5, 0.6) is 17.2 Å². The van der Waals surface area contributed by atoms with Crippen molar-refractivity contribution in [2.75, 3.05) is 27.1 Å². The fourth-order valence-corrected chi connectivity index (χ4v) is 3.86. The van der Waals surface area contributed by atoms with Crippen molar-refractivity contribution in [2.24, 2.45) is 5.10 Å². The minimum Gasteiger partial charge on any atom is -0.493 e. The molecule has 0 atom stereocenters. The predicted octanol–water partition coefficient (Wildman–Crippen LogP) is 4.40. The van der Waals surface area contributed by atoms with Gasteiger partial charge in [-0.05, 0) is 29.8 Å². The lowest BCUT2D eigenvalue weighted by Crippen LogP contribution is -2.19. The monoisotopic (exact) mass is 442 g/mol. The van der Waals surface area contributed by atoms with Crippen molar-refractivity contribution < 1.29 is 19.0 Å². The number of thioether (sulfide) groups is 1. The van der Waals surface area contributed by atoms with Gasteiger partial charge in [0.1, 0.15) is 0 Å². The summed E-state index contributed by atoms with van der Waals surface area (Å²) in [6.07, 6.45) is 1.50. The van der Waals surface area contributed by atoms with Crippen molar-refractivity contribution in [3.8, 4) is 17.2 Å². The van der Waals surface area contributed by atoms with Gasteiger partial charge in [-0.2, -0.15) is 5.10 Å². The van der Waals surface area contributed by atoms with Crippen molar-refractivity contribution in [2.45, 2.75) is 5.75 Å². The lowest BCUT2D eigenvalue weighted by Gasteiger charge is -2.12. The molecule has 2 aromatic carbocycles. The number of rotatable bonds is 9. The third kappa shape index (κ3) is 5.95. The van der Waals surface area contributed by atoms with E-state index in [0.29, 0.717) is 38.6 Å². The summed E-state index contributed by atoms with van der Waals surface area (Å²) < 4.78 is 15.8. The van der Waals surface area contributed by atoms with Crippen molar-refractivity contribution in [1.82, 2.24) is 5.43 Å². The van der Waals surface area contributed by atoms with Crippen LogP contribution in [0.25, 0.3) is 0 Å². The molecule has 9 heteroatoms. The van der Waals surface area contributed by atoms with E-state index in [4.69, 9.17) is 37.4 Å². The normalized spacial score (nSPS) is 10.8. The van der Waals surface area contributed by atoms with Gasteiger partial charge >= 0.3 is 0 Å². The number of ether oxygens (including phenoxy) is 3. The molecule has 2 aromatic rings. The zero-order chi connectivity index (χ0) is 20.5. The Kier molecular flexibility index (Phi) is 8.76. The largest absolute Gasteiger partial charge is 0.493 e. The van der Waals surface area contributed by atoms with Gasteiger partial charge in [0.2, 0.25) is 11.7 Å². The summed E-state index contributed by atoms with van der Waals surface area (Å²) in [4.78, 5) is 12.0. The van der Waals surface area contributed by atoms with E-state index in [0.717, 1.165) is 5.56 Å². The van der Waals surface area contributed by atoms with Gasteiger partial charge in [-0.15, -0.1) is 11.8 Å². The number of methoxy groups -OCH3 is 3. The van der Waals surface area contributed by atoms with Gasteiger partial charge in [-0.3, -0.25) is 4.79 Å². The Balaban J connectivity index is 1.91. The SMILES string of the molecule is COc1cc(/C=N\NC(=O)CSCc2c(Cl)cccc2Cl)cc(OC)c1OC. The molecule has 1 N–H and O–H groups in total. The van der Waals surface area contributed by atoms with Gasteiger partial charge < -0.3 is 14.2 Å². The number of nitrogens with zero attached hydrogens (tertiary/aromatic N) is 1. The second-order valence-corrected chi connectivity index (χ2v) is 7.24. The quantitative estimate of drug-likeness (QED) is 0.460. The van der Waals surface area contributed by atoms with Crippen LogP contribution in [-0.4, -0.2) is 39.2 Å². The molecule has 28 heavy (non-hydrogen) atoms. The average molecular weight is 443 g/mol. The van der Waals surface area contributed by atoms with Gasteiger partial charge in [-0.25, -0.2) is 5.43 Å². The molecule has 0 fully saturated rings. The standard InChI is InChI=1S/C19H20Cl2N2O4S/c1-25-16-7-12(8-17(26-2)19(16)27-3)9-22-23-18(24)11-28-10-13-14(20)5-4-6-15(13)21/h4-9H,10-11H2,1-3H3,(H,23,24)/b22-9-. The van der Waals surface area contributed by atoms with E-state index in [1.54, 1.807) is 30.3 Å². The molecular formula is C19H20Cl2N2O4S. The van der Waals surface area contributed by atoms with Gasteiger partial charge in [0, 0.05) is 21.4 Å². The first kappa shape index (κ1) is 22.2. The number of hydrazone groups is 1. The van der Waals surface area contributed by atoms with Crippen LogP contribution in [0.2, 0.25) is 10.0 Å². The smallest absolute Gasteiger partial charge is 0.250 e. The number of nitrogens with one attached hydrogen (secondary N) is 1. The van der Waals surface area contributed by atoms with E-state index in [9.17, 15) is 4.79 Å². The van der Waals surface area contributed by atoms with E-state index in [1.165, 1.54) is 39.3 Å². The Morgan fingerprint density at radius 3 is 2.25 bits per heavy atom. The van der Waals surface area contributed by atoms with Gasteiger partial charge in [-0.1, -0.05) is 29.3 Å². The lowest BCUT2D eigenvalue weighted by atomic mass is 10.2. The summed E-state index contributed by atoms with van der Waals surface area (Å²) >= 11 is 13.6. The second kappa shape index (κ2) is 11.0. The van der Waals surface area contributed by atoms with E-state index in [2.05, 4.69) is 10.5 Å². The molecule has 0 unspecified atom stereocenters. The third-order valence-corrected chi connectivity index (χ3v) is 5.30. The lowest BCUT2D eigenvalue weighted by molar-refractivity contribution is -0.118. The molecule has 0 saturated carbocycles. The first-order chi connectivity index (χ1) is 13.5. The number of hydrogen-bond donors (Lipinski definition) is 1. The average Bonchev–Trinajstić information content (AvgIpc) is 2.69. The molecule has 0 bridgehead atoms. The van der Waals surface area contributed by atoms with E-state index >= 15 is 0 Å². The number of benzene rings is 2. The predicted molar refractivity (Wildman–Crippen MR) is 114 cm³/mol. The maximum atomic E-state index is 12.0. The Morgan fingerprint density at radius 1 is 1.11 bits per heavy atom. The van der Waals surface area contributed by atoms with E-state index in [1.807, 2.05) is 0 Å². The van der Waals surface area contributed by atoms with Crippen molar-refractivity contribution in [1.29, 1.82) is 0 Å². The summed E-state index contributed by atoms with van der Waals surface area (Å²) in [6.45, 7) is 0. The number of hydrogen-bond acceptors (Lipinski definition) is 6. The molecule has 150 valence electrons. The van der Waals surface area contributed by atoms with Crippen molar-refractivity contribution in [3.63, 3.8) is 0 Å². The van der Waals surface area contributed by atoms with Crippen molar-refractivity contribution in [3.05, 3.63) is 51.5 Å². The molecule has 0 saturated heterocycles. The highest BCUT2D eigenvalue weighted by Gasteiger charge is 2.12. The zero-order valence-corrected chi connectivity index (χ0v) is 18.0. The first-order valence-electron chi connectivity index (χ1n) is 8.12. The zero-order valence-electron chi connectivity index (χ0n) is 15.6. The molecular weight excluding hydrogens is 423 g/mol. The Hall–Kier alpha value is -2.09. The number of amides is 1. The second-order valence-electron chi connectivity index (χ2n) is 5.44. The van der Waals surface area contributed by atoms with Crippen LogP contribution in [0.3, 0.4) is 0 Å². The van der Waals surface area contributed by atoms with Gasteiger partial charge in [0.15, 0.2) is 11.5 Å². The van der Waals surface area contributed by atoms with Crippen LogP contribution < -0.4 is 19.6 Å². The van der Waals surface area contributed by atoms with Crippen LogP contribution in [0.1, 0.15) is 11.1 Å². The van der Waals surface area contributed by atoms with Crippen LogP contribution in [0.4, 0.5) is 0 Å². The third-order valence-electron chi connectivity index (χ3n) is 3.63. The summed E-state index contributed by atoms with van der Waals surface area (Å²) in [5.74, 6) is 2.00. The van der Waals surface area contributed by atoms with E-state index in [-0.39, 0.29) is 11.7 Å². The van der Waals surface area contributed by atoms with Crippen LogP contribution in [0.15, 0.2) is 35.4 Å². The summed E-state index contributed by atoms with van der Waals surface area (Å²) in [5, 5.41) is 5.13. The number of carbonyl (C=O) groups excluding carboxylic acids is 1. The molecule has 0 aliphatic carbocycles. The van der Waals surface area contributed by atoms with E-state index < -0.39 is 0 Å². The Bertz CT molecular complexity index is 817. The molecule has 0 aliphatic heterocycles. The minimum absolute atomic E-state index is 0.216. The van der Waals surface area contributed by atoms with Crippen LogP contribution in [0, 0.1) is 0 Å². The molecule has 1 amide bonds. The minimum atomic E-state index is -0.239. The molecule has 6 nitrogen and oxygen atoms in total. The number of carbonyl (C=O) groups is 1. The highest BCUT2D eigenvalue weighted by atomic mass is 35.5. The number of halogens is 2. The fraction of sp³-hybridized carbons (Fsp3) is 0.263. The molecule has 0 aliphatic rings. The first-order valence-corrected chi connectivity index (χ1v) is 10.0. The van der Waals surface area contributed by atoms with Gasteiger partial charge in [0.05, 0.1) is 33.3 Å². The summed E-state index contributed by atoms with van der Waals surface area (Å²) in [5.41, 5.74) is 3.98. The maximum absolute atomic E-state index is 12.0. The van der Waals surface area contributed by atoms with Gasteiger partial charge in [0.25, 0.3) is 0 Å². The fourth-order valence-electron chi connectivity index (χ4n) is 2.30. The molecule has 2 rings (SSSR count). The molecule has 0 spiro atoms. The highest BCUT2D eigenvalue weighted by molar-refractivity contribution is 7.99. The Morgan fingerprint density at radius 2 is 1.71 bits per heavy atom. The maximum Gasteiger partial charge on any atom is 0.250 e. The topological polar surface area (TPSA) is 69.2 Å².